The van der Waals surface area contributed by atoms with Crippen LogP contribution in [0, 0.1) is 10.1 Å². The van der Waals surface area contributed by atoms with Gasteiger partial charge in [-0.2, -0.15) is 11.8 Å². The summed E-state index contributed by atoms with van der Waals surface area (Å²) in [5.74, 6) is 0.838. The van der Waals surface area contributed by atoms with Gasteiger partial charge in [-0.3, -0.25) is 10.1 Å². The number of nitrogen functional groups attached to an aromatic ring is 1. The molecule has 0 unspecified atom stereocenters. The highest BCUT2D eigenvalue weighted by molar-refractivity contribution is 7.98. The van der Waals surface area contributed by atoms with Crippen molar-refractivity contribution in [3.05, 3.63) is 28.3 Å². The third-order valence-electron chi connectivity index (χ3n) is 2.33. The third-order valence-corrected chi connectivity index (χ3v) is 4.48. The molecule has 0 spiro atoms. The summed E-state index contributed by atoms with van der Waals surface area (Å²) < 4.78 is 26.2. The van der Waals surface area contributed by atoms with E-state index >= 15 is 0 Å². The molecule has 1 rings (SSSR count). The maximum Gasteiger partial charge on any atom is 0.293 e. The van der Waals surface area contributed by atoms with Crippen LogP contribution in [-0.2, 0) is 10.0 Å². The number of nitrogens with two attached hydrogens (primary N) is 1. The molecule has 1 aromatic rings. The molecule has 106 valence electrons. The standard InChI is InChI=1S/C10H15N3O4S2/c1-18-6-2-5-12-19(16,17)8-3-4-9(11)10(7-8)13(14)15/h3-4,7,12H,2,5-6,11H2,1H3. The number of benzene rings is 1. The van der Waals surface area contributed by atoms with Crippen LogP contribution in [0.4, 0.5) is 11.4 Å². The normalized spacial score (nSPS) is 11.4. The van der Waals surface area contributed by atoms with E-state index in [1.54, 1.807) is 11.8 Å². The number of nitro benzene ring substituents is 1. The van der Waals surface area contributed by atoms with Crippen molar-refractivity contribution in [2.24, 2.45) is 0 Å². The molecule has 0 atom stereocenters. The van der Waals surface area contributed by atoms with Crippen LogP contribution in [-0.4, -0.2) is 31.9 Å². The Kier molecular flexibility index (Phi) is 5.58. The average Bonchev–Trinajstić information content (AvgIpc) is 2.34. The minimum Gasteiger partial charge on any atom is -0.393 e. The molecular formula is C10H15N3O4S2. The molecule has 0 aromatic heterocycles. The van der Waals surface area contributed by atoms with Crippen LogP contribution < -0.4 is 10.5 Å². The molecule has 0 heterocycles. The first-order valence-corrected chi connectivity index (χ1v) is 8.28. The van der Waals surface area contributed by atoms with Crippen LogP contribution in [0.1, 0.15) is 6.42 Å². The third kappa shape index (κ3) is 4.37. The molecule has 0 saturated carbocycles. The van der Waals surface area contributed by atoms with Gasteiger partial charge in [-0.1, -0.05) is 0 Å². The van der Waals surface area contributed by atoms with Crippen molar-refractivity contribution in [3.8, 4) is 0 Å². The first-order chi connectivity index (χ1) is 8.88. The second-order valence-electron chi connectivity index (χ2n) is 3.72. The predicted molar refractivity (Wildman–Crippen MR) is 75.7 cm³/mol. The lowest BCUT2D eigenvalue weighted by Crippen LogP contribution is -2.25. The van der Waals surface area contributed by atoms with E-state index < -0.39 is 20.6 Å². The molecule has 1 aromatic carbocycles. The summed E-state index contributed by atoms with van der Waals surface area (Å²) in [7, 11) is -3.73. The number of sulfonamides is 1. The van der Waals surface area contributed by atoms with Crippen molar-refractivity contribution in [3.63, 3.8) is 0 Å². The monoisotopic (exact) mass is 305 g/mol. The van der Waals surface area contributed by atoms with Gasteiger partial charge in [0, 0.05) is 12.6 Å². The lowest BCUT2D eigenvalue weighted by molar-refractivity contribution is -0.384. The van der Waals surface area contributed by atoms with Gasteiger partial charge in [0.2, 0.25) is 10.0 Å². The Bertz CT molecular complexity index is 560. The zero-order valence-electron chi connectivity index (χ0n) is 10.3. The molecule has 0 amide bonds. The fourth-order valence-electron chi connectivity index (χ4n) is 1.36. The van der Waals surface area contributed by atoms with E-state index in [0.29, 0.717) is 13.0 Å². The van der Waals surface area contributed by atoms with Gasteiger partial charge in [-0.05, 0) is 30.6 Å². The van der Waals surface area contributed by atoms with Crippen molar-refractivity contribution in [1.82, 2.24) is 4.72 Å². The Morgan fingerprint density at radius 2 is 2.16 bits per heavy atom. The quantitative estimate of drug-likeness (QED) is 0.338. The first kappa shape index (κ1) is 15.7. The van der Waals surface area contributed by atoms with Gasteiger partial charge in [-0.25, -0.2) is 13.1 Å². The van der Waals surface area contributed by atoms with Crippen molar-refractivity contribution in [2.75, 3.05) is 24.3 Å². The highest BCUT2D eigenvalue weighted by Gasteiger charge is 2.19. The number of nitro groups is 1. The number of hydrogen-bond acceptors (Lipinski definition) is 6. The largest absolute Gasteiger partial charge is 0.393 e. The van der Waals surface area contributed by atoms with Crippen molar-refractivity contribution < 1.29 is 13.3 Å². The maximum atomic E-state index is 11.9. The minimum atomic E-state index is -3.73. The summed E-state index contributed by atoms with van der Waals surface area (Å²) in [5, 5.41) is 10.7. The second kappa shape index (κ2) is 6.73. The molecule has 7 nitrogen and oxygen atoms in total. The fourth-order valence-corrected chi connectivity index (χ4v) is 2.88. The molecule has 3 N–H and O–H groups in total. The van der Waals surface area contributed by atoms with Crippen molar-refractivity contribution >= 4 is 33.2 Å². The summed E-state index contributed by atoms with van der Waals surface area (Å²) in [4.78, 5) is 9.85. The Labute approximate surface area is 115 Å². The second-order valence-corrected chi connectivity index (χ2v) is 6.47. The topological polar surface area (TPSA) is 115 Å². The van der Waals surface area contributed by atoms with Crippen molar-refractivity contribution in [1.29, 1.82) is 0 Å². The first-order valence-electron chi connectivity index (χ1n) is 5.41. The van der Waals surface area contributed by atoms with Gasteiger partial charge in [0.05, 0.1) is 9.82 Å². The number of nitrogens with zero attached hydrogens (tertiary/aromatic N) is 1. The zero-order valence-corrected chi connectivity index (χ0v) is 12.0. The Morgan fingerprint density at radius 3 is 2.74 bits per heavy atom. The molecule has 0 saturated heterocycles. The molecule has 19 heavy (non-hydrogen) atoms. The van der Waals surface area contributed by atoms with E-state index in [0.717, 1.165) is 11.8 Å². The molecular weight excluding hydrogens is 290 g/mol. The van der Waals surface area contributed by atoms with Gasteiger partial charge in [0.1, 0.15) is 5.69 Å². The van der Waals surface area contributed by atoms with Crippen LogP contribution in [0.15, 0.2) is 23.1 Å². The van der Waals surface area contributed by atoms with Gasteiger partial charge >= 0.3 is 0 Å². The number of hydrogen-bond donors (Lipinski definition) is 2. The molecule has 9 heteroatoms. The van der Waals surface area contributed by atoms with E-state index in [9.17, 15) is 18.5 Å². The van der Waals surface area contributed by atoms with E-state index in [1.807, 2.05) is 6.26 Å². The summed E-state index contributed by atoms with van der Waals surface area (Å²) in [6.45, 7) is 0.293. The molecule has 0 aliphatic carbocycles. The molecule has 0 aliphatic heterocycles. The van der Waals surface area contributed by atoms with E-state index in [1.165, 1.54) is 12.1 Å². The Morgan fingerprint density at radius 1 is 1.47 bits per heavy atom. The molecule has 0 radical (unpaired) electrons. The zero-order chi connectivity index (χ0) is 14.5. The fraction of sp³-hybridized carbons (Fsp3) is 0.400. The van der Waals surface area contributed by atoms with Crippen LogP contribution in [0.3, 0.4) is 0 Å². The van der Waals surface area contributed by atoms with Crippen LogP contribution in [0.2, 0.25) is 0 Å². The number of thioether (sulfide) groups is 1. The van der Waals surface area contributed by atoms with Gasteiger partial charge in [0.15, 0.2) is 0 Å². The van der Waals surface area contributed by atoms with Crippen molar-refractivity contribution in [2.45, 2.75) is 11.3 Å². The summed E-state index contributed by atoms with van der Waals surface area (Å²) in [5.41, 5.74) is 4.94. The van der Waals surface area contributed by atoms with E-state index in [2.05, 4.69) is 4.72 Å². The van der Waals surface area contributed by atoms with Gasteiger partial charge in [-0.15, -0.1) is 0 Å². The van der Waals surface area contributed by atoms with Gasteiger partial charge < -0.3 is 5.73 Å². The lowest BCUT2D eigenvalue weighted by Gasteiger charge is -2.07. The summed E-state index contributed by atoms with van der Waals surface area (Å²) in [6.07, 6.45) is 2.62. The highest BCUT2D eigenvalue weighted by Crippen LogP contribution is 2.24. The van der Waals surface area contributed by atoms with Crippen LogP contribution in [0.25, 0.3) is 0 Å². The smallest absolute Gasteiger partial charge is 0.293 e. The SMILES string of the molecule is CSCCCNS(=O)(=O)c1ccc(N)c([N+](=O)[O-])c1. The highest BCUT2D eigenvalue weighted by atomic mass is 32.2. The summed E-state index contributed by atoms with van der Waals surface area (Å²) in [6, 6.07) is 3.43. The number of nitrogens with one attached hydrogen (secondary N) is 1. The van der Waals surface area contributed by atoms with Gasteiger partial charge in [0.25, 0.3) is 5.69 Å². The average molecular weight is 305 g/mol. The van der Waals surface area contributed by atoms with Crippen LogP contribution >= 0.6 is 11.8 Å². The maximum absolute atomic E-state index is 11.9. The Balaban J connectivity index is 2.89. The van der Waals surface area contributed by atoms with Crippen LogP contribution in [0.5, 0.6) is 0 Å². The number of rotatable bonds is 7. The number of anilines is 1. The van der Waals surface area contributed by atoms with E-state index in [-0.39, 0.29) is 10.6 Å². The minimum absolute atomic E-state index is 0.0636. The molecule has 0 bridgehead atoms. The molecule has 0 aliphatic rings. The van der Waals surface area contributed by atoms with E-state index in [4.69, 9.17) is 5.73 Å². The predicted octanol–water partition coefficient (Wildman–Crippen LogP) is 1.21. The Hall–Kier alpha value is -1.32. The lowest BCUT2D eigenvalue weighted by atomic mass is 10.3. The summed E-state index contributed by atoms with van der Waals surface area (Å²) >= 11 is 1.62. The molecule has 0 fully saturated rings.